The first-order valence-electron chi connectivity index (χ1n) is 9.36. The van der Waals surface area contributed by atoms with Crippen LogP contribution in [-0.2, 0) is 17.4 Å². The molecule has 0 saturated carbocycles. The lowest BCUT2D eigenvalue weighted by atomic mass is 10.1. The van der Waals surface area contributed by atoms with Crippen LogP contribution in [0.2, 0.25) is 0 Å². The molecule has 160 valence electrons. The van der Waals surface area contributed by atoms with Gasteiger partial charge in [-0.15, -0.1) is 11.3 Å². The van der Waals surface area contributed by atoms with Crippen molar-refractivity contribution in [1.29, 1.82) is 0 Å². The monoisotopic (exact) mass is 446 g/mol. The first-order valence-corrected chi connectivity index (χ1v) is 10.2. The highest BCUT2D eigenvalue weighted by molar-refractivity contribution is 7.13. The van der Waals surface area contributed by atoms with Gasteiger partial charge in [-0.1, -0.05) is 18.2 Å². The molecule has 1 aliphatic rings. The van der Waals surface area contributed by atoms with Crippen molar-refractivity contribution in [2.24, 2.45) is 0 Å². The van der Waals surface area contributed by atoms with Gasteiger partial charge in [-0.2, -0.15) is 13.2 Å². The van der Waals surface area contributed by atoms with Crippen LogP contribution in [0, 0.1) is 0 Å². The summed E-state index contributed by atoms with van der Waals surface area (Å²) in [7, 11) is 0. The second-order valence-electron chi connectivity index (χ2n) is 6.71. The smallest absolute Gasteiger partial charge is 0.416 e. The van der Waals surface area contributed by atoms with Gasteiger partial charge in [-0.25, -0.2) is 4.98 Å². The number of fused-ring (bicyclic) bond motifs is 1. The second-order valence-corrected chi connectivity index (χ2v) is 7.56. The van der Waals surface area contributed by atoms with E-state index in [1.54, 1.807) is 18.2 Å². The Labute approximate surface area is 180 Å². The van der Waals surface area contributed by atoms with Crippen LogP contribution in [0.5, 0.6) is 11.5 Å². The largest absolute Gasteiger partial charge is 0.454 e. The van der Waals surface area contributed by atoms with Crippen LogP contribution in [0.25, 0.3) is 16.6 Å². The molecule has 1 amide bonds. The summed E-state index contributed by atoms with van der Waals surface area (Å²) in [5.74, 6) is 1.09. The van der Waals surface area contributed by atoms with Gasteiger partial charge in [0.1, 0.15) is 5.01 Å². The van der Waals surface area contributed by atoms with Crippen molar-refractivity contribution >= 4 is 23.3 Å². The van der Waals surface area contributed by atoms with Gasteiger partial charge in [0, 0.05) is 30.0 Å². The molecular weight excluding hydrogens is 429 g/mol. The molecule has 3 aromatic rings. The number of nitrogens with zero attached hydrogens (tertiary/aromatic N) is 1. The summed E-state index contributed by atoms with van der Waals surface area (Å²) in [4.78, 5) is 16.5. The van der Waals surface area contributed by atoms with E-state index in [9.17, 15) is 18.0 Å². The van der Waals surface area contributed by atoms with Gasteiger partial charge >= 0.3 is 6.18 Å². The van der Waals surface area contributed by atoms with Crippen LogP contribution >= 0.6 is 11.3 Å². The average Bonchev–Trinajstić information content (AvgIpc) is 3.41. The Kier molecular flexibility index (Phi) is 5.94. The number of nitrogens with one attached hydrogen (secondary N) is 1. The van der Waals surface area contributed by atoms with E-state index in [-0.39, 0.29) is 12.7 Å². The SMILES string of the molecule is O=C(C=Cc1ccc2c(c1)OCO2)NCCc1csc(-c2ccc(C(F)(F)F)cc2)n1. The maximum absolute atomic E-state index is 12.7. The number of rotatable bonds is 6. The van der Waals surface area contributed by atoms with Crippen molar-refractivity contribution in [1.82, 2.24) is 10.3 Å². The van der Waals surface area contributed by atoms with Gasteiger partial charge in [0.15, 0.2) is 11.5 Å². The van der Waals surface area contributed by atoms with E-state index in [1.165, 1.54) is 29.5 Å². The van der Waals surface area contributed by atoms with E-state index in [2.05, 4.69) is 10.3 Å². The molecule has 0 bridgehead atoms. The number of carbonyl (C=O) groups is 1. The number of carbonyl (C=O) groups excluding carboxylic acids is 1. The lowest BCUT2D eigenvalue weighted by Crippen LogP contribution is -2.23. The Bertz CT molecular complexity index is 1110. The summed E-state index contributed by atoms with van der Waals surface area (Å²) >= 11 is 1.35. The molecule has 2 heterocycles. The minimum atomic E-state index is -4.36. The van der Waals surface area contributed by atoms with Gasteiger partial charge in [-0.3, -0.25) is 4.79 Å². The molecule has 4 rings (SSSR count). The molecule has 1 N–H and O–H groups in total. The lowest BCUT2D eigenvalue weighted by Gasteiger charge is -2.06. The highest BCUT2D eigenvalue weighted by Crippen LogP contribution is 2.33. The van der Waals surface area contributed by atoms with Crippen molar-refractivity contribution < 1.29 is 27.4 Å². The zero-order valence-corrected chi connectivity index (χ0v) is 16.9. The molecule has 1 aromatic heterocycles. The predicted octanol–water partition coefficient (Wildman–Crippen LogP) is 4.93. The average molecular weight is 446 g/mol. The van der Waals surface area contributed by atoms with E-state index in [1.807, 2.05) is 11.4 Å². The first kappa shape index (κ1) is 20.9. The maximum atomic E-state index is 12.7. The molecule has 5 nitrogen and oxygen atoms in total. The van der Waals surface area contributed by atoms with E-state index >= 15 is 0 Å². The normalized spacial score (nSPS) is 13.0. The minimum absolute atomic E-state index is 0.195. The molecule has 0 unspecified atom stereocenters. The molecule has 0 radical (unpaired) electrons. The summed E-state index contributed by atoms with van der Waals surface area (Å²) in [6.07, 6.45) is -0.724. The number of aromatic nitrogens is 1. The third kappa shape index (κ3) is 5.24. The van der Waals surface area contributed by atoms with Gasteiger partial charge in [0.05, 0.1) is 11.3 Å². The second kappa shape index (κ2) is 8.81. The van der Waals surface area contributed by atoms with Crippen LogP contribution in [0.1, 0.15) is 16.8 Å². The Balaban J connectivity index is 1.27. The quantitative estimate of drug-likeness (QED) is 0.546. The summed E-state index contributed by atoms with van der Waals surface area (Å²) < 4.78 is 48.6. The fourth-order valence-electron chi connectivity index (χ4n) is 2.92. The minimum Gasteiger partial charge on any atom is -0.454 e. The number of benzene rings is 2. The summed E-state index contributed by atoms with van der Waals surface area (Å²) in [5.41, 5.74) is 1.52. The molecule has 9 heteroatoms. The topological polar surface area (TPSA) is 60.5 Å². The van der Waals surface area contributed by atoms with Crippen LogP contribution < -0.4 is 14.8 Å². The molecule has 0 atom stereocenters. The summed E-state index contributed by atoms with van der Waals surface area (Å²) in [6, 6.07) is 10.3. The Hall–Kier alpha value is -3.33. The van der Waals surface area contributed by atoms with Gasteiger partial charge in [-0.05, 0) is 35.9 Å². The lowest BCUT2D eigenvalue weighted by molar-refractivity contribution is -0.137. The fourth-order valence-corrected chi connectivity index (χ4v) is 3.78. The zero-order chi connectivity index (χ0) is 21.8. The standard InChI is InChI=1S/C22H17F3N2O3S/c23-22(24,25)16-5-3-15(4-6-16)21-27-17(12-31-21)9-10-26-20(28)8-2-14-1-7-18-19(11-14)30-13-29-18/h1-8,11-12H,9-10,13H2,(H,26,28). The van der Waals surface area contributed by atoms with Crippen molar-refractivity contribution in [2.75, 3.05) is 13.3 Å². The highest BCUT2D eigenvalue weighted by Gasteiger charge is 2.30. The van der Waals surface area contributed by atoms with E-state index in [4.69, 9.17) is 9.47 Å². The molecule has 2 aromatic carbocycles. The van der Waals surface area contributed by atoms with E-state index in [0.717, 1.165) is 23.4 Å². The van der Waals surface area contributed by atoms with Crippen molar-refractivity contribution in [3.05, 3.63) is 70.7 Å². The first-order chi connectivity index (χ1) is 14.9. The number of amides is 1. The molecular formula is C22H17F3N2O3S. The van der Waals surface area contributed by atoms with Gasteiger partial charge < -0.3 is 14.8 Å². The number of ether oxygens (including phenoxy) is 2. The van der Waals surface area contributed by atoms with Crippen LogP contribution in [0.4, 0.5) is 13.2 Å². The fraction of sp³-hybridized carbons (Fsp3) is 0.182. The Morgan fingerprint density at radius 1 is 1.13 bits per heavy atom. The molecule has 0 spiro atoms. The molecule has 0 aliphatic carbocycles. The zero-order valence-electron chi connectivity index (χ0n) is 16.1. The number of hydrogen-bond donors (Lipinski definition) is 1. The summed E-state index contributed by atoms with van der Waals surface area (Å²) in [5, 5.41) is 5.26. The van der Waals surface area contributed by atoms with E-state index in [0.29, 0.717) is 35.0 Å². The predicted molar refractivity (Wildman–Crippen MR) is 111 cm³/mol. The van der Waals surface area contributed by atoms with E-state index < -0.39 is 11.7 Å². The van der Waals surface area contributed by atoms with Crippen LogP contribution in [0.3, 0.4) is 0 Å². The Morgan fingerprint density at radius 2 is 1.90 bits per heavy atom. The molecule has 0 saturated heterocycles. The Morgan fingerprint density at radius 3 is 2.68 bits per heavy atom. The third-order valence-electron chi connectivity index (χ3n) is 4.52. The van der Waals surface area contributed by atoms with Crippen LogP contribution in [0.15, 0.2) is 53.9 Å². The van der Waals surface area contributed by atoms with Gasteiger partial charge in [0.2, 0.25) is 12.7 Å². The van der Waals surface area contributed by atoms with Crippen molar-refractivity contribution in [3.8, 4) is 22.1 Å². The number of thiazole rings is 1. The maximum Gasteiger partial charge on any atom is 0.416 e. The molecule has 1 aliphatic heterocycles. The summed E-state index contributed by atoms with van der Waals surface area (Å²) in [6.45, 7) is 0.584. The van der Waals surface area contributed by atoms with Crippen molar-refractivity contribution in [2.45, 2.75) is 12.6 Å². The molecule has 0 fully saturated rings. The van der Waals surface area contributed by atoms with Crippen molar-refractivity contribution in [3.63, 3.8) is 0 Å². The number of halogens is 3. The number of alkyl halides is 3. The highest BCUT2D eigenvalue weighted by atomic mass is 32.1. The van der Waals surface area contributed by atoms with Crippen LogP contribution in [-0.4, -0.2) is 24.2 Å². The molecule has 31 heavy (non-hydrogen) atoms. The number of hydrogen-bond acceptors (Lipinski definition) is 5. The van der Waals surface area contributed by atoms with Gasteiger partial charge in [0.25, 0.3) is 0 Å². The third-order valence-corrected chi connectivity index (χ3v) is 5.46.